The molecule has 4 nitrogen and oxygen atoms in total. The van der Waals surface area contributed by atoms with Gasteiger partial charge in [-0.25, -0.2) is 4.79 Å². The Labute approximate surface area is 152 Å². The zero-order chi connectivity index (χ0) is 18.1. The summed E-state index contributed by atoms with van der Waals surface area (Å²) >= 11 is 0. The van der Waals surface area contributed by atoms with Gasteiger partial charge in [0.05, 0.1) is 23.6 Å². The second-order valence-electron chi connectivity index (χ2n) is 6.19. The predicted octanol–water partition coefficient (Wildman–Crippen LogP) is 3.97. The Kier molecular flexibility index (Phi) is 4.09. The molecule has 4 heteroatoms. The van der Waals surface area contributed by atoms with Crippen molar-refractivity contribution in [1.82, 2.24) is 4.57 Å². The summed E-state index contributed by atoms with van der Waals surface area (Å²) in [5.41, 5.74) is 11.1. The van der Waals surface area contributed by atoms with Crippen LogP contribution in [0.15, 0.2) is 72.3 Å². The number of fused-ring (bicyclic) bond motifs is 3. The van der Waals surface area contributed by atoms with Gasteiger partial charge in [0.15, 0.2) is 0 Å². The molecule has 0 amide bonds. The third kappa shape index (κ3) is 2.60. The van der Waals surface area contributed by atoms with Crippen LogP contribution in [0.5, 0.6) is 0 Å². The zero-order valence-electron chi connectivity index (χ0n) is 14.6. The quantitative estimate of drug-likeness (QED) is 0.732. The number of benzene rings is 2. The van der Waals surface area contributed by atoms with E-state index in [1.807, 2.05) is 48.5 Å². The van der Waals surface area contributed by atoms with Crippen LogP contribution in [-0.2, 0) is 16.1 Å². The van der Waals surface area contributed by atoms with Crippen LogP contribution in [0.4, 0.5) is 0 Å². The van der Waals surface area contributed by atoms with E-state index in [2.05, 4.69) is 22.8 Å². The van der Waals surface area contributed by atoms with E-state index in [0.717, 1.165) is 27.7 Å². The summed E-state index contributed by atoms with van der Waals surface area (Å²) in [6.45, 7) is 2.74. The number of carbonyl (C=O) groups excluding carboxylic acids is 1. The first kappa shape index (κ1) is 16.2. The predicted molar refractivity (Wildman–Crippen MR) is 104 cm³/mol. The number of carbonyl (C=O) groups is 1. The summed E-state index contributed by atoms with van der Waals surface area (Å²) < 4.78 is 7.46. The Morgan fingerprint density at radius 2 is 1.85 bits per heavy atom. The third-order valence-electron chi connectivity index (χ3n) is 4.67. The number of hydrogen-bond donors (Lipinski definition) is 1. The number of nitrogens with two attached hydrogens (primary N) is 1. The third-order valence-corrected chi connectivity index (χ3v) is 4.67. The van der Waals surface area contributed by atoms with E-state index < -0.39 is 0 Å². The molecule has 2 aromatic carbocycles. The number of nitrogens with zero attached hydrogens (tertiary/aromatic N) is 1. The number of para-hydroxylation sites is 1. The van der Waals surface area contributed by atoms with Gasteiger partial charge in [-0.2, -0.15) is 0 Å². The van der Waals surface area contributed by atoms with E-state index in [-0.39, 0.29) is 5.97 Å². The highest BCUT2D eigenvalue weighted by molar-refractivity contribution is 6.13. The lowest BCUT2D eigenvalue weighted by atomic mass is 9.95. The van der Waals surface area contributed by atoms with Gasteiger partial charge >= 0.3 is 5.97 Å². The summed E-state index contributed by atoms with van der Waals surface area (Å²) in [6, 6.07) is 20.0. The van der Waals surface area contributed by atoms with Crippen LogP contribution in [0.3, 0.4) is 0 Å². The monoisotopic (exact) mass is 344 g/mol. The maximum absolute atomic E-state index is 12.8. The minimum atomic E-state index is -0.390. The maximum atomic E-state index is 12.8. The average molecular weight is 344 g/mol. The molecule has 1 aliphatic rings. The molecule has 0 aliphatic carbocycles. The highest BCUT2D eigenvalue weighted by Crippen LogP contribution is 2.34. The molecule has 1 aromatic heterocycles. The molecule has 0 saturated carbocycles. The van der Waals surface area contributed by atoms with E-state index >= 15 is 0 Å². The highest BCUT2D eigenvalue weighted by Gasteiger charge is 2.26. The Bertz CT molecular complexity index is 1040. The van der Waals surface area contributed by atoms with Crippen molar-refractivity contribution in [3.63, 3.8) is 0 Å². The number of hydrogen-bond acceptors (Lipinski definition) is 3. The molecule has 2 heterocycles. The molecule has 4 rings (SSSR count). The van der Waals surface area contributed by atoms with Crippen LogP contribution >= 0.6 is 0 Å². The van der Waals surface area contributed by atoms with E-state index in [0.29, 0.717) is 24.4 Å². The Balaban J connectivity index is 1.97. The van der Waals surface area contributed by atoms with Crippen molar-refractivity contribution in [1.29, 1.82) is 0 Å². The molecular formula is C22H20N2O2. The summed E-state index contributed by atoms with van der Waals surface area (Å²) in [5.74, 6) is -0.390. The van der Waals surface area contributed by atoms with Crippen LogP contribution in [0.25, 0.3) is 22.2 Å². The second kappa shape index (κ2) is 6.56. The fourth-order valence-electron chi connectivity index (χ4n) is 3.49. The fourth-order valence-corrected chi connectivity index (χ4v) is 3.49. The molecule has 2 N–H and O–H groups in total. The molecule has 0 atom stereocenters. The Hall–Kier alpha value is -3.27. The zero-order valence-corrected chi connectivity index (χ0v) is 14.6. The van der Waals surface area contributed by atoms with Gasteiger partial charge in [0.1, 0.15) is 0 Å². The van der Waals surface area contributed by atoms with Crippen molar-refractivity contribution in [2.75, 3.05) is 6.61 Å². The molecule has 3 aromatic rings. The van der Waals surface area contributed by atoms with Crippen molar-refractivity contribution in [2.24, 2.45) is 5.73 Å². The first-order valence-electron chi connectivity index (χ1n) is 8.72. The van der Waals surface area contributed by atoms with Crippen molar-refractivity contribution in [3.8, 4) is 0 Å². The van der Waals surface area contributed by atoms with Gasteiger partial charge in [0.25, 0.3) is 0 Å². The standard InChI is InChI=1S/C22H20N2O2/c1-2-26-22(25)20-17(15-8-4-3-5-9-15)12-13-24-18-11-7-6-10-16(18)14-19(24)21(20)23/h3-12,14H,2,13,23H2,1H3. The second-order valence-corrected chi connectivity index (χ2v) is 6.19. The largest absolute Gasteiger partial charge is 0.462 e. The van der Waals surface area contributed by atoms with E-state index in [1.54, 1.807) is 6.92 Å². The van der Waals surface area contributed by atoms with Gasteiger partial charge in [0.2, 0.25) is 0 Å². The van der Waals surface area contributed by atoms with Gasteiger partial charge in [0, 0.05) is 17.4 Å². The van der Waals surface area contributed by atoms with Crippen molar-refractivity contribution in [2.45, 2.75) is 13.5 Å². The smallest absolute Gasteiger partial charge is 0.340 e. The van der Waals surface area contributed by atoms with Crippen molar-refractivity contribution in [3.05, 3.63) is 83.6 Å². The molecule has 0 radical (unpaired) electrons. The number of ether oxygens (including phenoxy) is 1. The Morgan fingerprint density at radius 1 is 1.12 bits per heavy atom. The normalized spacial score (nSPS) is 14.0. The van der Waals surface area contributed by atoms with Gasteiger partial charge in [-0.1, -0.05) is 54.6 Å². The average Bonchev–Trinajstić information content (AvgIpc) is 2.97. The van der Waals surface area contributed by atoms with Crippen LogP contribution in [0.1, 0.15) is 18.2 Å². The molecule has 0 bridgehead atoms. The van der Waals surface area contributed by atoms with E-state index in [1.165, 1.54) is 0 Å². The molecule has 1 aliphatic heterocycles. The van der Waals surface area contributed by atoms with Gasteiger partial charge in [-0.3, -0.25) is 0 Å². The molecule has 26 heavy (non-hydrogen) atoms. The fraction of sp³-hybridized carbons (Fsp3) is 0.136. The first-order valence-corrected chi connectivity index (χ1v) is 8.72. The van der Waals surface area contributed by atoms with Gasteiger partial charge in [-0.05, 0) is 30.2 Å². The number of rotatable bonds is 3. The van der Waals surface area contributed by atoms with E-state index in [4.69, 9.17) is 10.5 Å². The lowest BCUT2D eigenvalue weighted by Crippen LogP contribution is -2.15. The van der Waals surface area contributed by atoms with Gasteiger partial charge < -0.3 is 15.0 Å². The SMILES string of the molecule is CCOC(=O)C1=C(N)c2cc3ccccc3n2CC=C1c1ccccc1. The number of esters is 1. The first-order chi connectivity index (χ1) is 12.7. The molecule has 0 fully saturated rings. The van der Waals surface area contributed by atoms with Gasteiger partial charge in [-0.15, -0.1) is 0 Å². The molecule has 0 saturated heterocycles. The van der Waals surface area contributed by atoms with Crippen LogP contribution < -0.4 is 5.73 Å². The highest BCUT2D eigenvalue weighted by atomic mass is 16.5. The summed E-state index contributed by atoms with van der Waals surface area (Å²) in [7, 11) is 0. The summed E-state index contributed by atoms with van der Waals surface area (Å²) in [6.07, 6.45) is 2.05. The Morgan fingerprint density at radius 3 is 2.62 bits per heavy atom. The summed E-state index contributed by atoms with van der Waals surface area (Å²) in [5, 5.41) is 1.10. The maximum Gasteiger partial charge on any atom is 0.340 e. The molecular weight excluding hydrogens is 324 g/mol. The minimum absolute atomic E-state index is 0.306. The van der Waals surface area contributed by atoms with Crippen molar-refractivity contribution < 1.29 is 9.53 Å². The summed E-state index contributed by atoms with van der Waals surface area (Å²) in [4.78, 5) is 12.8. The lowest BCUT2D eigenvalue weighted by Gasteiger charge is -2.13. The topological polar surface area (TPSA) is 57.2 Å². The number of allylic oxidation sites excluding steroid dienone is 1. The number of aromatic nitrogens is 1. The molecule has 0 unspecified atom stereocenters. The lowest BCUT2D eigenvalue weighted by molar-refractivity contribution is -0.137. The van der Waals surface area contributed by atoms with Crippen molar-refractivity contribution >= 4 is 28.1 Å². The van der Waals surface area contributed by atoms with Crippen LogP contribution in [-0.4, -0.2) is 17.1 Å². The van der Waals surface area contributed by atoms with Crippen LogP contribution in [0.2, 0.25) is 0 Å². The molecule has 0 spiro atoms. The van der Waals surface area contributed by atoms with Crippen LogP contribution in [0, 0.1) is 0 Å². The van der Waals surface area contributed by atoms with E-state index in [9.17, 15) is 4.79 Å². The minimum Gasteiger partial charge on any atom is -0.462 e. The molecule has 130 valence electrons.